The van der Waals surface area contributed by atoms with Crippen LogP contribution in [0.2, 0.25) is 0 Å². The lowest BCUT2D eigenvalue weighted by Crippen LogP contribution is -2.02. The first kappa shape index (κ1) is 15.6. The minimum absolute atomic E-state index is 0.189. The van der Waals surface area contributed by atoms with Crippen molar-refractivity contribution in [2.24, 2.45) is 0 Å². The van der Waals surface area contributed by atoms with E-state index in [1.807, 2.05) is 38.1 Å². The molecule has 3 rings (SSSR count). The zero-order valence-corrected chi connectivity index (χ0v) is 13.3. The summed E-state index contributed by atoms with van der Waals surface area (Å²) in [4.78, 5) is 1.22. The Balaban J connectivity index is 0.000000774. The molecule has 108 valence electrons. The summed E-state index contributed by atoms with van der Waals surface area (Å²) in [6.07, 6.45) is 0. The van der Waals surface area contributed by atoms with Gasteiger partial charge in [0.1, 0.15) is 11.9 Å². The first-order chi connectivity index (χ1) is 10.2. The highest BCUT2D eigenvalue weighted by atomic mass is 32.2. The van der Waals surface area contributed by atoms with E-state index in [0.717, 1.165) is 11.1 Å². The second-order valence-corrected chi connectivity index (χ2v) is 5.67. The number of halogens is 1. The van der Waals surface area contributed by atoms with E-state index in [-0.39, 0.29) is 11.5 Å². The van der Waals surface area contributed by atoms with Crippen LogP contribution < -0.4 is 0 Å². The highest BCUT2D eigenvalue weighted by molar-refractivity contribution is 7.98. The second kappa shape index (κ2) is 6.78. The number of thioether (sulfide) groups is 1. The van der Waals surface area contributed by atoms with Gasteiger partial charge in [-0.05, 0) is 28.8 Å². The van der Waals surface area contributed by atoms with Crippen LogP contribution in [0.1, 0.15) is 48.9 Å². The van der Waals surface area contributed by atoms with Crippen molar-refractivity contribution < 1.29 is 4.39 Å². The van der Waals surface area contributed by atoms with Gasteiger partial charge in [-0.15, -0.1) is 11.8 Å². The lowest BCUT2D eigenvalue weighted by atomic mass is 9.88. The van der Waals surface area contributed by atoms with Gasteiger partial charge < -0.3 is 0 Å². The third-order valence-electron chi connectivity index (χ3n) is 3.63. The number of nitrogens with zero attached hydrogens (tertiary/aromatic N) is 1. The molecule has 3 heteroatoms. The highest BCUT2D eigenvalue weighted by Gasteiger charge is 2.23. The summed E-state index contributed by atoms with van der Waals surface area (Å²) in [7, 11) is 0. The van der Waals surface area contributed by atoms with Gasteiger partial charge in [0.2, 0.25) is 0 Å². The van der Waals surface area contributed by atoms with Gasteiger partial charge in [0.15, 0.2) is 0 Å². The van der Waals surface area contributed by atoms with Gasteiger partial charge in [0.25, 0.3) is 0 Å². The van der Waals surface area contributed by atoms with Crippen LogP contribution in [0.5, 0.6) is 0 Å². The van der Waals surface area contributed by atoms with E-state index in [2.05, 4.69) is 19.1 Å². The Labute approximate surface area is 129 Å². The second-order valence-electron chi connectivity index (χ2n) is 4.65. The summed E-state index contributed by atoms with van der Waals surface area (Å²) in [5.74, 6) is 0.422. The fraction of sp³-hybridized carbons (Fsp3) is 0.278. The van der Waals surface area contributed by atoms with Crippen molar-refractivity contribution in [2.45, 2.75) is 37.3 Å². The Morgan fingerprint density at radius 1 is 1.14 bits per heavy atom. The Kier molecular flexibility index (Phi) is 5.03. The number of fused-ring (bicyclic) bond motifs is 2. The highest BCUT2D eigenvalue weighted by Crippen LogP contribution is 2.41. The van der Waals surface area contributed by atoms with E-state index in [1.165, 1.54) is 16.5 Å². The van der Waals surface area contributed by atoms with E-state index in [4.69, 9.17) is 0 Å². The minimum atomic E-state index is -0.417. The van der Waals surface area contributed by atoms with Gasteiger partial charge in [-0.25, -0.2) is 4.39 Å². The maximum absolute atomic E-state index is 13.7. The normalized spacial score (nSPS) is 15.7. The van der Waals surface area contributed by atoms with E-state index in [9.17, 15) is 9.65 Å². The maximum Gasteiger partial charge on any atom is 0.141 e. The topological polar surface area (TPSA) is 23.8 Å². The van der Waals surface area contributed by atoms with Gasteiger partial charge in [-0.2, -0.15) is 5.26 Å². The lowest BCUT2D eigenvalue weighted by molar-refractivity contribution is 0.620. The van der Waals surface area contributed by atoms with E-state index < -0.39 is 5.82 Å². The Morgan fingerprint density at radius 3 is 2.57 bits per heavy atom. The lowest BCUT2D eigenvalue weighted by Gasteiger charge is -2.15. The molecular formula is C18H18FNS. The molecule has 2 aromatic carbocycles. The number of nitriles is 1. The van der Waals surface area contributed by atoms with Gasteiger partial charge in [0.05, 0.1) is 5.56 Å². The van der Waals surface area contributed by atoms with E-state index in [0.29, 0.717) is 5.75 Å². The molecule has 0 saturated carbocycles. The van der Waals surface area contributed by atoms with Crippen LogP contribution >= 0.6 is 11.8 Å². The summed E-state index contributed by atoms with van der Waals surface area (Å²) in [5, 5.41) is 9.17. The van der Waals surface area contributed by atoms with Gasteiger partial charge in [-0.1, -0.05) is 45.0 Å². The number of benzene rings is 2. The molecule has 1 nitrogen and oxygen atoms in total. The fourth-order valence-corrected chi connectivity index (χ4v) is 3.80. The predicted octanol–water partition coefficient (Wildman–Crippen LogP) is 5.48. The Morgan fingerprint density at radius 2 is 1.86 bits per heavy atom. The first-order valence-corrected chi connectivity index (χ1v) is 8.14. The van der Waals surface area contributed by atoms with Crippen LogP contribution in [0.25, 0.3) is 0 Å². The van der Waals surface area contributed by atoms with Crippen molar-refractivity contribution in [1.29, 1.82) is 5.26 Å². The zero-order chi connectivity index (χ0) is 15.4. The van der Waals surface area contributed by atoms with Crippen LogP contribution in [0.15, 0.2) is 41.3 Å². The molecule has 0 fully saturated rings. The average Bonchev–Trinajstić information content (AvgIpc) is 2.67. The number of hydrogen-bond donors (Lipinski definition) is 0. The van der Waals surface area contributed by atoms with Gasteiger partial charge in [0, 0.05) is 16.6 Å². The quantitative estimate of drug-likeness (QED) is 0.643. The molecule has 1 aliphatic rings. The van der Waals surface area contributed by atoms with Gasteiger partial charge in [-0.3, -0.25) is 0 Å². The molecule has 0 saturated heterocycles. The molecule has 0 aromatic heterocycles. The molecule has 1 aliphatic heterocycles. The molecule has 0 spiro atoms. The van der Waals surface area contributed by atoms with Crippen LogP contribution in [0, 0.1) is 17.1 Å². The monoisotopic (exact) mass is 299 g/mol. The summed E-state index contributed by atoms with van der Waals surface area (Å²) in [6.45, 7) is 6.11. The molecule has 1 unspecified atom stereocenters. The number of rotatable bonds is 0. The third-order valence-corrected chi connectivity index (χ3v) is 4.75. The summed E-state index contributed by atoms with van der Waals surface area (Å²) < 4.78 is 13.7. The van der Waals surface area contributed by atoms with Gasteiger partial charge >= 0.3 is 0 Å². The van der Waals surface area contributed by atoms with Crippen molar-refractivity contribution in [1.82, 2.24) is 0 Å². The van der Waals surface area contributed by atoms with Crippen LogP contribution in [-0.4, -0.2) is 0 Å². The molecule has 0 aliphatic carbocycles. The summed E-state index contributed by atoms with van der Waals surface area (Å²) in [6, 6.07) is 13.5. The standard InChI is InChI=1S/C16H12FNS.C2H6/c1-10-11-6-7-15(17)13(8-18)14(11)9-19-16-5-3-2-4-12(10)16;1-2/h2-7,10H,9H2,1H3;1-2H3. The average molecular weight is 299 g/mol. The molecule has 0 bridgehead atoms. The third kappa shape index (κ3) is 2.82. The molecule has 0 radical (unpaired) electrons. The summed E-state index contributed by atoms with van der Waals surface area (Å²) in [5.41, 5.74) is 3.36. The Bertz CT molecular complexity index is 688. The molecule has 1 heterocycles. The molecule has 0 N–H and O–H groups in total. The maximum atomic E-state index is 13.7. The number of hydrogen-bond acceptors (Lipinski definition) is 2. The van der Waals surface area contributed by atoms with Crippen LogP contribution in [0.4, 0.5) is 4.39 Å². The molecular weight excluding hydrogens is 281 g/mol. The van der Waals surface area contributed by atoms with Crippen molar-refractivity contribution in [3.8, 4) is 6.07 Å². The van der Waals surface area contributed by atoms with E-state index >= 15 is 0 Å². The van der Waals surface area contributed by atoms with E-state index in [1.54, 1.807) is 11.8 Å². The van der Waals surface area contributed by atoms with Crippen molar-refractivity contribution in [3.05, 3.63) is 64.5 Å². The SMILES string of the molecule is CC.CC1c2ccccc2SCc2c1ccc(F)c2C#N. The zero-order valence-electron chi connectivity index (χ0n) is 12.5. The van der Waals surface area contributed by atoms with Crippen molar-refractivity contribution in [2.75, 3.05) is 0 Å². The fourth-order valence-electron chi connectivity index (χ4n) is 2.60. The van der Waals surface area contributed by atoms with Crippen molar-refractivity contribution >= 4 is 11.8 Å². The van der Waals surface area contributed by atoms with Crippen molar-refractivity contribution in [3.63, 3.8) is 0 Å². The van der Waals surface area contributed by atoms with Crippen LogP contribution in [-0.2, 0) is 5.75 Å². The van der Waals surface area contributed by atoms with Crippen LogP contribution in [0.3, 0.4) is 0 Å². The smallest absolute Gasteiger partial charge is 0.141 e. The largest absolute Gasteiger partial charge is 0.206 e. The predicted molar refractivity (Wildman–Crippen MR) is 86.0 cm³/mol. The first-order valence-electron chi connectivity index (χ1n) is 7.15. The Hall–Kier alpha value is -1.79. The summed E-state index contributed by atoms with van der Waals surface area (Å²) >= 11 is 1.68. The minimum Gasteiger partial charge on any atom is -0.206 e. The molecule has 1 atom stereocenters. The molecule has 0 amide bonds. The molecule has 21 heavy (non-hydrogen) atoms. The molecule has 2 aromatic rings.